The van der Waals surface area contributed by atoms with E-state index in [0.29, 0.717) is 0 Å². The number of nitrogens with one attached hydrogen (secondary N) is 1. The zero-order valence-electron chi connectivity index (χ0n) is 12.5. The summed E-state index contributed by atoms with van der Waals surface area (Å²) in [7, 11) is 2.06. The van der Waals surface area contributed by atoms with Crippen molar-refractivity contribution in [2.45, 2.75) is 33.4 Å². The van der Waals surface area contributed by atoms with Crippen LogP contribution in [0.25, 0.3) is 0 Å². The molecular weight excluding hydrogens is 250 g/mol. The van der Waals surface area contributed by atoms with Crippen molar-refractivity contribution in [3.05, 3.63) is 47.3 Å². The molecule has 0 aliphatic rings. The van der Waals surface area contributed by atoms with E-state index in [-0.39, 0.29) is 0 Å². The van der Waals surface area contributed by atoms with Crippen molar-refractivity contribution >= 4 is 5.69 Å². The van der Waals surface area contributed by atoms with Crippen LogP contribution in [-0.4, -0.2) is 18.7 Å². The number of aryl methyl sites for hydroxylation is 1. The van der Waals surface area contributed by atoms with Crippen LogP contribution in [0.1, 0.15) is 30.4 Å². The van der Waals surface area contributed by atoms with Crippen LogP contribution in [0.4, 0.5) is 5.69 Å². The molecule has 20 heavy (non-hydrogen) atoms. The van der Waals surface area contributed by atoms with Gasteiger partial charge in [-0.3, -0.25) is 0 Å². The molecule has 2 aromatic rings. The second kappa shape index (κ2) is 7.10. The van der Waals surface area contributed by atoms with Gasteiger partial charge in [-0.05, 0) is 37.6 Å². The Balaban J connectivity index is 1.92. The highest BCUT2D eigenvalue weighted by molar-refractivity contribution is 5.47. The fraction of sp³-hybridized carbons (Fsp3) is 0.438. The fourth-order valence-corrected chi connectivity index (χ4v) is 2.10. The minimum absolute atomic E-state index is 0.726. The average Bonchev–Trinajstić information content (AvgIpc) is 2.86. The summed E-state index contributed by atoms with van der Waals surface area (Å²) in [5.41, 5.74) is 3.41. The number of anilines is 1. The Morgan fingerprint density at radius 2 is 2.15 bits per heavy atom. The highest BCUT2D eigenvalue weighted by Crippen LogP contribution is 2.17. The van der Waals surface area contributed by atoms with E-state index in [1.54, 1.807) is 0 Å². The Morgan fingerprint density at radius 3 is 2.90 bits per heavy atom. The van der Waals surface area contributed by atoms with Crippen LogP contribution in [0.3, 0.4) is 0 Å². The molecule has 0 atom stereocenters. The van der Waals surface area contributed by atoms with Crippen LogP contribution in [0.5, 0.6) is 0 Å². The zero-order chi connectivity index (χ0) is 14.4. The van der Waals surface area contributed by atoms with Crippen LogP contribution >= 0.6 is 0 Å². The average molecular weight is 273 g/mol. The second-order valence-electron chi connectivity index (χ2n) is 5.16. The predicted molar refractivity (Wildman–Crippen MR) is 81.8 cm³/mol. The summed E-state index contributed by atoms with van der Waals surface area (Å²) in [4.78, 5) is 2.16. The molecule has 0 aliphatic carbocycles. The zero-order valence-corrected chi connectivity index (χ0v) is 12.5. The highest BCUT2D eigenvalue weighted by atomic mass is 16.5. The number of nitrogens with zero attached hydrogens (tertiary/aromatic N) is 2. The van der Waals surface area contributed by atoms with Crippen molar-refractivity contribution in [2.75, 3.05) is 18.5 Å². The summed E-state index contributed by atoms with van der Waals surface area (Å²) in [6.07, 6.45) is 1.13. The van der Waals surface area contributed by atoms with Crippen molar-refractivity contribution in [2.24, 2.45) is 0 Å². The largest absolute Gasteiger partial charge is 0.367 e. The maximum atomic E-state index is 5.39. The van der Waals surface area contributed by atoms with Crippen molar-refractivity contribution < 1.29 is 4.52 Å². The van der Waals surface area contributed by atoms with Crippen molar-refractivity contribution in [1.29, 1.82) is 0 Å². The van der Waals surface area contributed by atoms with Crippen molar-refractivity contribution in [3.8, 4) is 0 Å². The smallest absolute Gasteiger partial charge is 0.156 e. The molecule has 1 N–H and O–H groups in total. The van der Waals surface area contributed by atoms with E-state index >= 15 is 0 Å². The molecule has 0 unspecified atom stereocenters. The van der Waals surface area contributed by atoms with E-state index in [1.807, 2.05) is 6.07 Å². The quantitative estimate of drug-likeness (QED) is 0.787. The van der Waals surface area contributed by atoms with Gasteiger partial charge in [-0.15, -0.1) is 0 Å². The predicted octanol–water partition coefficient (Wildman–Crippen LogP) is 3.12. The SMILES string of the molecule is CCCNCc1cc(CN(C)c2cccc(C)c2)on1. The van der Waals surface area contributed by atoms with Gasteiger partial charge >= 0.3 is 0 Å². The summed E-state index contributed by atoms with van der Waals surface area (Å²) in [6.45, 7) is 6.75. The summed E-state index contributed by atoms with van der Waals surface area (Å²) in [6, 6.07) is 10.5. The highest BCUT2D eigenvalue weighted by Gasteiger charge is 2.08. The van der Waals surface area contributed by atoms with E-state index in [4.69, 9.17) is 4.52 Å². The molecular formula is C16H23N3O. The standard InChI is InChI=1S/C16H23N3O/c1-4-8-17-11-14-10-16(20-18-14)12-19(3)15-7-5-6-13(2)9-15/h5-7,9-10,17H,4,8,11-12H2,1-3H3. The Hall–Kier alpha value is -1.81. The summed E-state index contributed by atoms with van der Waals surface area (Å²) >= 11 is 0. The van der Waals surface area contributed by atoms with E-state index in [1.165, 1.54) is 11.3 Å². The first-order chi connectivity index (χ1) is 9.69. The maximum Gasteiger partial charge on any atom is 0.156 e. The van der Waals surface area contributed by atoms with Gasteiger partial charge in [0.2, 0.25) is 0 Å². The molecule has 1 aromatic carbocycles. The molecule has 0 aliphatic heterocycles. The topological polar surface area (TPSA) is 41.3 Å². The number of rotatable bonds is 7. The monoisotopic (exact) mass is 273 g/mol. The summed E-state index contributed by atoms with van der Waals surface area (Å²) in [5, 5.41) is 7.41. The van der Waals surface area contributed by atoms with Crippen LogP contribution in [-0.2, 0) is 13.1 Å². The van der Waals surface area contributed by atoms with Crippen LogP contribution in [0, 0.1) is 6.92 Å². The Bertz CT molecular complexity index is 536. The third kappa shape index (κ3) is 4.10. The number of benzene rings is 1. The first-order valence-electron chi connectivity index (χ1n) is 7.12. The first kappa shape index (κ1) is 14.6. The molecule has 1 heterocycles. The molecule has 4 heteroatoms. The Kier molecular flexibility index (Phi) is 5.18. The molecule has 0 bridgehead atoms. The van der Waals surface area contributed by atoms with Gasteiger partial charge in [-0.1, -0.05) is 24.2 Å². The number of aromatic nitrogens is 1. The lowest BCUT2D eigenvalue weighted by Gasteiger charge is -2.17. The maximum absolute atomic E-state index is 5.39. The van der Waals surface area contributed by atoms with Crippen LogP contribution in [0.2, 0.25) is 0 Å². The molecule has 4 nitrogen and oxygen atoms in total. The molecule has 0 amide bonds. The fourth-order valence-electron chi connectivity index (χ4n) is 2.10. The number of hydrogen-bond acceptors (Lipinski definition) is 4. The van der Waals surface area contributed by atoms with Gasteiger partial charge in [0, 0.05) is 25.3 Å². The molecule has 0 saturated carbocycles. The first-order valence-corrected chi connectivity index (χ1v) is 7.12. The van der Waals surface area contributed by atoms with E-state index in [0.717, 1.165) is 37.5 Å². The van der Waals surface area contributed by atoms with Gasteiger partial charge in [0.25, 0.3) is 0 Å². The minimum Gasteiger partial charge on any atom is -0.367 e. The minimum atomic E-state index is 0.726. The molecule has 0 spiro atoms. The molecule has 2 rings (SSSR count). The molecule has 0 saturated heterocycles. The van der Waals surface area contributed by atoms with Gasteiger partial charge in [0.05, 0.1) is 12.2 Å². The van der Waals surface area contributed by atoms with Crippen molar-refractivity contribution in [1.82, 2.24) is 10.5 Å². The van der Waals surface area contributed by atoms with Gasteiger partial charge < -0.3 is 14.7 Å². The van der Waals surface area contributed by atoms with Crippen molar-refractivity contribution in [3.63, 3.8) is 0 Å². The van der Waals surface area contributed by atoms with Gasteiger partial charge in [0.15, 0.2) is 5.76 Å². The normalized spacial score (nSPS) is 10.8. The Labute approximate surface area is 120 Å². The van der Waals surface area contributed by atoms with Gasteiger partial charge in [-0.2, -0.15) is 0 Å². The molecule has 1 aromatic heterocycles. The third-order valence-corrected chi connectivity index (χ3v) is 3.18. The van der Waals surface area contributed by atoms with Crippen LogP contribution in [0.15, 0.2) is 34.9 Å². The lowest BCUT2D eigenvalue weighted by Crippen LogP contribution is -2.16. The van der Waals surface area contributed by atoms with E-state index in [9.17, 15) is 0 Å². The second-order valence-corrected chi connectivity index (χ2v) is 5.16. The third-order valence-electron chi connectivity index (χ3n) is 3.18. The molecule has 108 valence electrons. The summed E-state index contributed by atoms with van der Waals surface area (Å²) < 4.78 is 5.39. The van der Waals surface area contributed by atoms with Crippen LogP contribution < -0.4 is 10.2 Å². The van der Waals surface area contributed by atoms with E-state index in [2.05, 4.69) is 60.5 Å². The molecule has 0 fully saturated rings. The number of hydrogen-bond donors (Lipinski definition) is 1. The van der Waals surface area contributed by atoms with Gasteiger partial charge in [0.1, 0.15) is 0 Å². The van der Waals surface area contributed by atoms with Gasteiger partial charge in [-0.25, -0.2) is 0 Å². The lowest BCUT2D eigenvalue weighted by atomic mass is 10.2. The molecule has 0 radical (unpaired) electrons. The lowest BCUT2D eigenvalue weighted by molar-refractivity contribution is 0.375. The van der Waals surface area contributed by atoms with E-state index < -0.39 is 0 Å². The summed E-state index contributed by atoms with van der Waals surface area (Å²) in [5.74, 6) is 0.891. The Morgan fingerprint density at radius 1 is 1.30 bits per heavy atom.